The lowest BCUT2D eigenvalue weighted by atomic mass is 9.78. The number of hydrogen-bond acceptors (Lipinski definition) is 3. The first-order chi connectivity index (χ1) is 15.4. The second-order valence-corrected chi connectivity index (χ2v) is 10.1. The topological polar surface area (TPSA) is 61.4 Å². The zero-order valence-corrected chi connectivity index (χ0v) is 18.9. The van der Waals surface area contributed by atoms with Crippen LogP contribution in [0.25, 0.3) is 0 Å². The number of likely N-dealkylation sites (tertiary alicyclic amines) is 1. The fourth-order valence-corrected chi connectivity index (χ4v) is 6.01. The van der Waals surface area contributed by atoms with E-state index < -0.39 is 11.7 Å². The smallest absolute Gasteiger partial charge is 0.254 e. The predicted molar refractivity (Wildman–Crippen MR) is 122 cm³/mol. The Morgan fingerprint density at radius 1 is 1.19 bits per heavy atom. The van der Waals surface area contributed by atoms with Crippen molar-refractivity contribution in [3.05, 3.63) is 57.9 Å². The molecular formula is C25H29ClFN3O2. The fraction of sp³-hybridized carbons (Fsp3) is 0.520. The molecule has 4 aliphatic rings. The molecule has 2 aliphatic heterocycles. The van der Waals surface area contributed by atoms with Crippen LogP contribution in [0.3, 0.4) is 0 Å². The van der Waals surface area contributed by atoms with E-state index in [1.807, 2.05) is 11.0 Å². The molecule has 1 spiro atoms. The number of allylic oxidation sites excluding steroid dienone is 1. The average Bonchev–Trinajstić information content (AvgIpc) is 3.39. The van der Waals surface area contributed by atoms with Gasteiger partial charge >= 0.3 is 0 Å². The number of hydrogen-bond donors (Lipinski definition) is 2. The fourth-order valence-electron chi connectivity index (χ4n) is 5.83. The highest BCUT2D eigenvalue weighted by atomic mass is 35.5. The van der Waals surface area contributed by atoms with Gasteiger partial charge in [0.15, 0.2) is 0 Å². The van der Waals surface area contributed by atoms with Crippen molar-refractivity contribution in [2.24, 2.45) is 11.3 Å². The van der Waals surface area contributed by atoms with Crippen molar-refractivity contribution < 1.29 is 14.0 Å². The average molecular weight is 458 g/mol. The molecule has 1 aromatic carbocycles. The molecule has 1 aromatic rings. The molecule has 0 bridgehead atoms. The van der Waals surface area contributed by atoms with Gasteiger partial charge in [-0.25, -0.2) is 4.39 Å². The molecule has 2 amide bonds. The van der Waals surface area contributed by atoms with E-state index in [2.05, 4.69) is 16.7 Å². The molecule has 5 nitrogen and oxygen atoms in total. The van der Waals surface area contributed by atoms with Gasteiger partial charge in [-0.3, -0.25) is 9.59 Å². The van der Waals surface area contributed by atoms with Gasteiger partial charge in [-0.05, 0) is 92.8 Å². The van der Waals surface area contributed by atoms with Crippen molar-refractivity contribution >= 4 is 23.4 Å². The van der Waals surface area contributed by atoms with Gasteiger partial charge < -0.3 is 15.5 Å². The highest BCUT2D eigenvalue weighted by molar-refractivity contribution is 6.31. The third-order valence-corrected chi connectivity index (χ3v) is 7.97. The van der Waals surface area contributed by atoms with E-state index in [0.29, 0.717) is 10.9 Å². The minimum absolute atomic E-state index is 0.0477. The highest BCUT2D eigenvalue weighted by Gasteiger charge is 2.41. The van der Waals surface area contributed by atoms with Crippen molar-refractivity contribution in [3.8, 4) is 0 Å². The van der Waals surface area contributed by atoms with Crippen LogP contribution in [-0.4, -0.2) is 48.9 Å². The summed E-state index contributed by atoms with van der Waals surface area (Å²) in [4.78, 5) is 28.0. The van der Waals surface area contributed by atoms with Crippen LogP contribution < -0.4 is 10.6 Å². The van der Waals surface area contributed by atoms with E-state index in [0.717, 1.165) is 75.9 Å². The maximum Gasteiger partial charge on any atom is 0.254 e. The zero-order valence-electron chi connectivity index (χ0n) is 18.1. The number of carbonyl (C=O) groups is 2. The molecule has 2 heterocycles. The summed E-state index contributed by atoms with van der Waals surface area (Å²) < 4.78 is 14.1. The number of amides is 2. The number of nitrogens with one attached hydrogen (secondary N) is 2. The van der Waals surface area contributed by atoms with Gasteiger partial charge in [-0.2, -0.15) is 0 Å². The predicted octanol–water partition coefficient (Wildman–Crippen LogP) is 3.85. The molecule has 5 rings (SSSR count). The Bertz CT molecular complexity index is 999. The van der Waals surface area contributed by atoms with E-state index >= 15 is 0 Å². The summed E-state index contributed by atoms with van der Waals surface area (Å²) in [5, 5.41) is 6.72. The van der Waals surface area contributed by atoms with Crippen molar-refractivity contribution in [1.29, 1.82) is 0 Å². The van der Waals surface area contributed by atoms with Gasteiger partial charge in [-0.15, -0.1) is 0 Å². The van der Waals surface area contributed by atoms with Crippen molar-refractivity contribution in [2.45, 2.75) is 44.6 Å². The van der Waals surface area contributed by atoms with E-state index in [1.54, 1.807) is 0 Å². The molecule has 0 radical (unpaired) electrons. The van der Waals surface area contributed by atoms with Crippen molar-refractivity contribution in [2.75, 3.05) is 26.2 Å². The van der Waals surface area contributed by atoms with Crippen LogP contribution >= 0.6 is 11.6 Å². The third-order valence-electron chi connectivity index (χ3n) is 7.74. The molecule has 2 aliphatic carbocycles. The van der Waals surface area contributed by atoms with Gasteiger partial charge in [0.05, 0.1) is 11.6 Å². The van der Waals surface area contributed by atoms with E-state index in [-0.39, 0.29) is 22.9 Å². The zero-order chi connectivity index (χ0) is 22.3. The SMILES string of the molecule is O=C(NC1CCC2CC=C(C(=O)N3CCC4(CCNCC4)C3)C=C21)c1cc(Cl)ccc1F. The summed E-state index contributed by atoms with van der Waals surface area (Å²) in [6.45, 7) is 3.72. The Balaban J connectivity index is 1.28. The molecule has 7 heteroatoms. The number of piperidine rings is 1. The number of nitrogens with zero attached hydrogens (tertiary/aromatic N) is 1. The number of halogens is 2. The summed E-state index contributed by atoms with van der Waals surface area (Å²) in [6, 6.07) is 3.81. The molecule has 2 saturated heterocycles. The number of fused-ring (bicyclic) bond motifs is 1. The first kappa shape index (κ1) is 21.7. The molecule has 2 atom stereocenters. The van der Waals surface area contributed by atoms with E-state index in [1.165, 1.54) is 18.2 Å². The van der Waals surface area contributed by atoms with Gasteiger partial charge in [0.25, 0.3) is 11.8 Å². The number of rotatable bonds is 3. The largest absolute Gasteiger partial charge is 0.345 e. The van der Waals surface area contributed by atoms with Crippen LogP contribution in [0.2, 0.25) is 5.02 Å². The van der Waals surface area contributed by atoms with Crippen LogP contribution in [0.4, 0.5) is 4.39 Å². The van der Waals surface area contributed by atoms with Gasteiger partial charge in [0.2, 0.25) is 0 Å². The summed E-state index contributed by atoms with van der Waals surface area (Å²) in [6.07, 6.45) is 9.94. The molecule has 0 aromatic heterocycles. The minimum atomic E-state index is -0.587. The normalized spacial score (nSPS) is 26.5. The Labute approximate surface area is 193 Å². The molecule has 2 N–H and O–H groups in total. The summed E-state index contributed by atoms with van der Waals surface area (Å²) in [5.41, 5.74) is 2.05. The minimum Gasteiger partial charge on any atom is -0.345 e. The molecular weight excluding hydrogens is 429 g/mol. The van der Waals surface area contributed by atoms with Crippen molar-refractivity contribution in [1.82, 2.24) is 15.5 Å². The Morgan fingerprint density at radius 2 is 2.00 bits per heavy atom. The number of carbonyl (C=O) groups excluding carboxylic acids is 2. The lowest BCUT2D eigenvalue weighted by Crippen LogP contribution is -2.40. The molecule has 32 heavy (non-hydrogen) atoms. The quantitative estimate of drug-likeness (QED) is 0.724. The van der Waals surface area contributed by atoms with E-state index in [9.17, 15) is 14.0 Å². The molecule has 1 saturated carbocycles. The van der Waals surface area contributed by atoms with Crippen LogP contribution in [0.15, 0.2) is 41.5 Å². The molecule has 170 valence electrons. The lowest BCUT2D eigenvalue weighted by Gasteiger charge is -2.33. The Hall–Kier alpha value is -2.18. The molecule has 3 fully saturated rings. The van der Waals surface area contributed by atoms with E-state index in [4.69, 9.17) is 11.6 Å². The van der Waals surface area contributed by atoms with Crippen molar-refractivity contribution in [3.63, 3.8) is 0 Å². The van der Waals surface area contributed by atoms with Crippen LogP contribution in [0, 0.1) is 17.2 Å². The van der Waals surface area contributed by atoms with Crippen LogP contribution in [0.1, 0.15) is 48.9 Å². The summed E-state index contributed by atoms with van der Waals surface area (Å²) >= 11 is 5.95. The second kappa shape index (κ2) is 8.64. The second-order valence-electron chi connectivity index (χ2n) is 9.69. The third kappa shape index (κ3) is 4.11. The van der Waals surface area contributed by atoms with Gasteiger partial charge in [0.1, 0.15) is 5.82 Å². The summed E-state index contributed by atoms with van der Waals surface area (Å²) in [7, 11) is 0. The standard InChI is InChI=1S/C25H29ClFN3O2/c26-18-4-5-21(27)20(14-18)23(31)29-22-6-3-16-1-2-17(13-19(16)22)24(32)30-12-9-25(15-30)7-10-28-11-8-25/h2,4-5,13-14,16,22,28H,1,3,6-12,15H2,(H,29,31). The maximum atomic E-state index is 14.1. The van der Waals surface area contributed by atoms with Crippen LogP contribution in [-0.2, 0) is 4.79 Å². The first-order valence-corrected chi connectivity index (χ1v) is 12.0. The summed E-state index contributed by atoms with van der Waals surface area (Å²) in [5.74, 6) is -0.623. The Morgan fingerprint density at radius 3 is 2.81 bits per heavy atom. The maximum absolute atomic E-state index is 14.1. The highest BCUT2D eigenvalue weighted by Crippen LogP contribution is 2.41. The Kier molecular flexibility index (Phi) is 5.84. The first-order valence-electron chi connectivity index (χ1n) is 11.6. The van der Waals surface area contributed by atoms with Gasteiger partial charge in [0, 0.05) is 23.7 Å². The lowest BCUT2D eigenvalue weighted by molar-refractivity contribution is -0.126. The monoisotopic (exact) mass is 457 g/mol. The number of benzene rings is 1. The molecule has 2 unspecified atom stereocenters. The van der Waals surface area contributed by atoms with Crippen LogP contribution in [0.5, 0.6) is 0 Å². The van der Waals surface area contributed by atoms with Gasteiger partial charge in [-0.1, -0.05) is 17.7 Å².